The van der Waals surface area contributed by atoms with Crippen LogP contribution in [0.4, 0.5) is 0 Å². The summed E-state index contributed by atoms with van der Waals surface area (Å²) >= 11 is 0. The Balaban J connectivity index is 1.34. The molecule has 2 aromatic heterocycles. The highest BCUT2D eigenvalue weighted by Crippen LogP contribution is 2.36. The number of hydrogen-bond acceptors (Lipinski definition) is 6. The minimum atomic E-state index is -0.433. The van der Waals surface area contributed by atoms with E-state index in [1.54, 1.807) is 24.5 Å². The predicted molar refractivity (Wildman–Crippen MR) is 140 cm³/mol. The van der Waals surface area contributed by atoms with Gasteiger partial charge in [0.05, 0.1) is 47.6 Å². The summed E-state index contributed by atoms with van der Waals surface area (Å²) in [5.74, 6) is 0.516. The van der Waals surface area contributed by atoms with Crippen molar-refractivity contribution in [2.24, 2.45) is 0 Å². The lowest BCUT2D eigenvalue weighted by molar-refractivity contribution is -0.133. The monoisotopic (exact) mass is 512 g/mol. The maximum Gasteiger partial charge on any atom is 0.261 e. The first-order valence-electron chi connectivity index (χ1n) is 12.9. The Kier molecular flexibility index (Phi) is 6.36. The summed E-state index contributed by atoms with van der Waals surface area (Å²) in [6.07, 6.45) is 4.59. The molecule has 0 aliphatic carbocycles. The van der Waals surface area contributed by atoms with Crippen LogP contribution in [0.2, 0.25) is 0 Å². The quantitative estimate of drug-likeness (QED) is 0.450. The second-order valence-corrected chi connectivity index (χ2v) is 9.58. The molecule has 10 nitrogen and oxygen atoms in total. The van der Waals surface area contributed by atoms with Crippen LogP contribution in [0.5, 0.6) is 5.75 Å². The van der Waals surface area contributed by atoms with E-state index in [0.717, 1.165) is 17.0 Å². The van der Waals surface area contributed by atoms with Gasteiger partial charge in [0.1, 0.15) is 12.3 Å². The molecule has 194 valence electrons. The third-order valence-corrected chi connectivity index (χ3v) is 7.14. The van der Waals surface area contributed by atoms with Gasteiger partial charge in [0, 0.05) is 32.5 Å². The molecule has 6 rings (SSSR count). The van der Waals surface area contributed by atoms with Crippen molar-refractivity contribution in [3.63, 3.8) is 0 Å². The van der Waals surface area contributed by atoms with E-state index in [9.17, 15) is 14.4 Å². The first-order chi connectivity index (χ1) is 18.6. The summed E-state index contributed by atoms with van der Waals surface area (Å²) in [7, 11) is 0. The number of fused-ring (bicyclic) bond motifs is 4. The van der Waals surface area contributed by atoms with Crippen LogP contribution in [0.1, 0.15) is 35.8 Å². The molecule has 1 atom stereocenters. The number of imidazole rings is 1. The van der Waals surface area contributed by atoms with Crippen LogP contribution < -0.4 is 15.6 Å². The Morgan fingerprint density at radius 3 is 2.89 bits per heavy atom. The van der Waals surface area contributed by atoms with Gasteiger partial charge in [-0.2, -0.15) is 0 Å². The van der Waals surface area contributed by atoms with Crippen LogP contribution >= 0.6 is 0 Å². The van der Waals surface area contributed by atoms with Crippen molar-refractivity contribution < 1.29 is 14.3 Å². The predicted octanol–water partition coefficient (Wildman–Crippen LogP) is 2.06. The van der Waals surface area contributed by atoms with Crippen molar-refractivity contribution in [2.45, 2.75) is 38.4 Å². The van der Waals surface area contributed by atoms with E-state index >= 15 is 0 Å². The number of hydrogen-bond donors (Lipinski definition) is 1. The van der Waals surface area contributed by atoms with Crippen LogP contribution in [0, 0.1) is 0 Å². The number of ether oxygens (including phenoxy) is 1. The van der Waals surface area contributed by atoms with E-state index in [1.165, 1.54) is 10.9 Å². The summed E-state index contributed by atoms with van der Waals surface area (Å²) in [5.41, 5.74) is 3.07. The van der Waals surface area contributed by atoms with E-state index in [-0.39, 0.29) is 36.9 Å². The third-order valence-electron chi connectivity index (χ3n) is 7.14. The van der Waals surface area contributed by atoms with Gasteiger partial charge in [0.25, 0.3) is 5.56 Å². The minimum Gasteiger partial charge on any atom is -0.494 e. The molecule has 2 aliphatic heterocycles. The standard InChI is InChI=1S/C28H28N6O4/c35-24-16-33-18-31-23-9-13-34(25(36)10-12-32-17-30-22-8-2-1-7-21(22)28(32)37)26(27(23)33)19-5-3-6-20(15-19)38-14-4-11-29-24/h1-3,5-8,15,17-18,26H,4,9-14,16H2,(H,29,35). The van der Waals surface area contributed by atoms with E-state index < -0.39 is 6.04 Å². The highest BCUT2D eigenvalue weighted by molar-refractivity contribution is 5.79. The summed E-state index contributed by atoms with van der Waals surface area (Å²) in [6.45, 7) is 1.82. The maximum absolute atomic E-state index is 13.7. The fraction of sp³-hybridized carbons (Fsp3) is 0.321. The smallest absolute Gasteiger partial charge is 0.261 e. The average Bonchev–Trinajstić information content (AvgIpc) is 3.34. The number of aromatic nitrogens is 4. The molecule has 2 aliphatic rings. The largest absolute Gasteiger partial charge is 0.494 e. The lowest BCUT2D eigenvalue weighted by Crippen LogP contribution is -2.42. The second kappa shape index (κ2) is 10.1. The van der Waals surface area contributed by atoms with Gasteiger partial charge in [-0.25, -0.2) is 9.97 Å². The molecule has 4 heterocycles. The van der Waals surface area contributed by atoms with Gasteiger partial charge in [-0.05, 0) is 36.2 Å². The molecule has 0 spiro atoms. The van der Waals surface area contributed by atoms with Gasteiger partial charge in [0.15, 0.2) is 0 Å². The molecule has 0 fully saturated rings. The van der Waals surface area contributed by atoms with Crippen molar-refractivity contribution in [1.29, 1.82) is 0 Å². The number of carbonyl (C=O) groups is 2. The molecule has 0 radical (unpaired) electrons. The van der Waals surface area contributed by atoms with Crippen LogP contribution in [0.3, 0.4) is 0 Å². The Morgan fingerprint density at radius 1 is 1.08 bits per heavy atom. The Morgan fingerprint density at radius 2 is 1.97 bits per heavy atom. The molecule has 2 bridgehead atoms. The topological polar surface area (TPSA) is 111 Å². The molecule has 38 heavy (non-hydrogen) atoms. The van der Waals surface area contributed by atoms with Crippen molar-refractivity contribution in [3.05, 3.63) is 88.5 Å². The third kappa shape index (κ3) is 4.53. The van der Waals surface area contributed by atoms with E-state index in [2.05, 4.69) is 15.3 Å². The fourth-order valence-electron chi connectivity index (χ4n) is 5.28. The Labute approximate surface area is 218 Å². The molecule has 0 saturated carbocycles. The molecule has 1 unspecified atom stereocenters. The van der Waals surface area contributed by atoms with Crippen LogP contribution in [-0.2, 0) is 29.1 Å². The number of rotatable bonds is 3. The summed E-state index contributed by atoms with van der Waals surface area (Å²) in [5, 5.41) is 3.46. The normalized spacial score (nSPS) is 17.4. The molecular weight excluding hydrogens is 484 g/mol. The van der Waals surface area contributed by atoms with Crippen LogP contribution in [0.25, 0.3) is 10.9 Å². The number of nitrogens with one attached hydrogen (secondary N) is 1. The van der Waals surface area contributed by atoms with Gasteiger partial charge in [0.2, 0.25) is 11.8 Å². The number of aryl methyl sites for hydroxylation is 1. The number of para-hydroxylation sites is 1. The summed E-state index contributed by atoms with van der Waals surface area (Å²) in [4.78, 5) is 50.1. The van der Waals surface area contributed by atoms with Crippen molar-refractivity contribution in [3.8, 4) is 5.75 Å². The Bertz CT molecular complexity index is 1580. The molecule has 10 heteroatoms. The van der Waals surface area contributed by atoms with Gasteiger partial charge < -0.3 is 19.5 Å². The highest BCUT2D eigenvalue weighted by Gasteiger charge is 2.36. The molecular formula is C28H28N6O4. The number of carbonyl (C=O) groups excluding carboxylic acids is 2. The van der Waals surface area contributed by atoms with Crippen molar-refractivity contribution in [2.75, 3.05) is 19.7 Å². The van der Waals surface area contributed by atoms with E-state index in [0.29, 0.717) is 49.2 Å². The zero-order valence-electron chi connectivity index (χ0n) is 20.9. The highest BCUT2D eigenvalue weighted by atomic mass is 16.5. The molecule has 4 aromatic rings. The van der Waals surface area contributed by atoms with Crippen LogP contribution in [-0.4, -0.2) is 55.5 Å². The van der Waals surface area contributed by atoms with E-state index in [1.807, 2.05) is 39.8 Å². The lowest BCUT2D eigenvalue weighted by atomic mass is 9.94. The minimum absolute atomic E-state index is 0.0893. The summed E-state index contributed by atoms with van der Waals surface area (Å²) in [6, 6.07) is 14.5. The van der Waals surface area contributed by atoms with Gasteiger partial charge in [-0.1, -0.05) is 24.3 Å². The maximum atomic E-state index is 13.7. The lowest BCUT2D eigenvalue weighted by Gasteiger charge is -2.37. The number of benzene rings is 2. The first kappa shape index (κ1) is 23.9. The average molecular weight is 513 g/mol. The molecule has 2 amide bonds. The Hall–Kier alpha value is -4.47. The van der Waals surface area contributed by atoms with E-state index in [4.69, 9.17) is 4.74 Å². The SMILES string of the molecule is O=C1Cn2cnc3c2C(c2cccc(c2)OCCCN1)N(C(=O)CCn1cnc2ccccc2c1=O)CC3. The molecule has 0 saturated heterocycles. The number of amides is 2. The first-order valence-corrected chi connectivity index (χ1v) is 12.9. The van der Waals surface area contributed by atoms with Gasteiger partial charge >= 0.3 is 0 Å². The molecule has 2 aromatic carbocycles. The zero-order chi connectivity index (χ0) is 26.1. The second-order valence-electron chi connectivity index (χ2n) is 9.58. The number of nitrogens with zero attached hydrogens (tertiary/aromatic N) is 5. The van der Waals surface area contributed by atoms with Gasteiger partial charge in [-0.3, -0.25) is 19.0 Å². The summed E-state index contributed by atoms with van der Waals surface area (Å²) < 4.78 is 9.27. The van der Waals surface area contributed by atoms with Crippen LogP contribution in [0.15, 0.2) is 66.0 Å². The zero-order valence-corrected chi connectivity index (χ0v) is 20.9. The van der Waals surface area contributed by atoms with Gasteiger partial charge in [-0.15, -0.1) is 0 Å². The fourth-order valence-corrected chi connectivity index (χ4v) is 5.28. The molecule has 1 N–H and O–H groups in total. The van der Waals surface area contributed by atoms with Crippen molar-refractivity contribution in [1.82, 2.24) is 29.3 Å². The van der Waals surface area contributed by atoms with Crippen molar-refractivity contribution >= 4 is 22.7 Å².